The third-order valence-corrected chi connectivity index (χ3v) is 4.77. The molecule has 4 nitrogen and oxygen atoms in total. The Morgan fingerprint density at radius 2 is 1.92 bits per heavy atom. The summed E-state index contributed by atoms with van der Waals surface area (Å²) >= 11 is 0. The molecule has 2 unspecified atom stereocenters. The highest BCUT2D eigenvalue weighted by Gasteiger charge is 2.36. The fourth-order valence-corrected chi connectivity index (χ4v) is 3.44. The molecule has 3 rings (SSSR count). The van der Waals surface area contributed by atoms with Gasteiger partial charge in [-0.15, -0.1) is 0 Å². The smallest absolute Gasteiger partial charge is 0.247 e. The van der Waals surface area contributed by atoms with Gasteiger partial charge in [-0.1, -0.05) is 43.3 Å². The van der Waals surface area contributed by atoms with Crippen molar-refractivity contribution in [3.8, 4) is 0 Å². The second kappa shape index (κ2) is 7.68. The maximum absolute atomic E-state index is 13.1. The first kappa shape index (κ1) is 18.1. The van der Waals surface area contributed by atoms with Crippen molar-refractivity contribution in [2.24, 2.45) is 0 Å². The van der Waals surface area contributed by atoms with E-state index in [2.05, 4.69) is 5.32 Å². The highest BCUT2D eigenvalue weighted by Crippen LogP contribution is 2.31. The van der Waals surface area contributed by atoms with E-state index in [9.17, 15) is 14.0 Å². The van der Waals surface area contributed by atoms with Gasteiger partial charge in [-0.25, -0.2) is 4.39 Å². The number of nitrogens with one attached hydrogen (secondary N) is 1. The molecule has 2 atom stereocenters. The zero-order valence-electron chi connectivity index (χ0n) is 15.0. The van der Waals surface area contributed by atoms with Crippen LogP contribution in [0.2, 0.25) is 0 Å². The number of carbonyl (C=O) groups is 2. The maximum atomic E-state index is 13.1. The first-order valence-corrected chi connectivity index (χ1v) is 8.94. The average Bonchev–Trinajstić information content (AvgIpc) is 2.62. The minimum absolute atomic E-state index is 0.0277. The van der Waals surface area contributed by atoms with Gasteiger partial charge in [-0.3, -0.25) is 9.59 Å². The van der Waals surface area contributed by atoms with Gasteiger partial charge in [0, 0.05) is 6.54 Å². The second-order valence-corrected chi connectivity index (χ2v) is 6.65. The molecule has 1 heterocycles. The summed E-state index contributed by atoms with van der Waals surface area (Å²) in [5.41, 5.74) is 2.60. The van der Waals surface area contributed by atoms with Crippen LogP contribution in [0.3, 0.4) is 0 Å². The largest absolute Gasteiger partial charge is 0.347 e. The molecule has 0 radical (unpaired) electrons. The van der Waals surface area contributed by atoms with Crippen LogP contribution in [0.4, 0.5) is 4.39 Å². The van der Waals surface area contributed by atoms with Crippen molar-refractivity contribution in [1.82, 2.24) is 10.2 Å². The molecule has 2 aromatic rings. The molecule has 0 saturated carbocycles. The van der Waals surface area contributed by atoms with Crippen LogP contribution in [-0.2, 0) is 16.0 Å². The van der Waals surface area contributed by atoms with Crippen molar-refractivity contribution in [1.29, 1.82) is 0 Å². The summed E-state index contributed by atoms with van der Waals surface area (Å²) in [7, 11) is 0. The zero-order valence-corrected chi connectivity index (χ0v) is 15.0. The van der Waals surface area contributed by atoms with E-state index in [1.165, 1.54) is 12.1 Å². The molecule has 1 N–H and O–H groups in total. The highest BCUT2D eigenvalue weighted by atomic mass is 19.1. The van der Waals surface area contributed by atoms with Crippen LogP contribution < -0.4 is 5.32 Å². The van der Waals surface area contributed by atoms with E-state index in [1.807, 2.05) is 38.1 Å². The molecular weight excluding hydrogens is 331 g/mol. The van der Waals surface area contributed by atoms with E-state index < -0.39 is 6.04 Å². The third kappa shape index (κ3) is 3.62. The monoisotopic (exact) mass is 354 g/mol. The molecule has 1 aliphatic heterocycles. The fourth-order valence-electron chi connectivity index (χ4n) is 3.44. The molecule has 0 aromatic heterocycles. The van der Waals surface area contributed by atoms with E-state index >= 15 is 0 Å². The fraction of sp³-hybridized carbons (Fsp3) is 0.333. The molecule has 1 aliphatic rings. The number of nitrogens with zero attached hydrogens (tertiary/aromatic N) is 1. The Hall–Kier alpha value is -2.69. The number of hydrogen-bond donors (Lipinski definition) is 1. The van der Waals surface area contributed by atoms with E-state index in [0.29, 0.717) is 13.0 Å². The van der Waals surface area contributed by atoms with Gasteiger partial charge >= 0.3 is 0 Å². The van der Waals surface area contributed by atoms with E-state index in [1.54, 1.807) is 17.0 Å². The molecule has 0 saturated heterocycles. The van der Waals surface area contributed by atoms with Gasteiger partial charge in [0.1, 0.15) is 11.9 Å². The van der Waals surface area contributed by atoms with Crippen LogP contribution in [0.15, 0.2) is 48.5 Å². The number of carbonyl (C=O) groups excluding carboxylic acids is 2. The van der Waals surface area contributed by atoms with Crippen molar-refractivity contribution >= 4 is 11.8 Å². The Kier molecular flexibility index (Phi) is 5.35. The van der Waals surface area contributed by atoms with Gasteiger partial charge in [0.2, 0.25) is 11.8 Å². The summed E-state index contributed by atoms with van der Waals surface area (Å²) in [5.74, 6) is -0.552. The summed E-state index contributed by atoms with van der Waals surface area (Å²) in [5, 5.41) is 2.98. The van der Waals surface area contributed by atoms with E-state index in [0.717, 1.165) is 23.1 Å². The lowest BCUT2D eigenvalue weighted by atomic mass is 9.91. The van der Waals surface area contributed by atoms with Crippen molar-refractivity contribution in [2.45, 2.75) is 38.8 Å². The molecule has 0 aliphatic carbocycles. The summed E-state index contributed by atoms with van der Waals surface area (Å²) in [6.07, 6.45) is 1.11. The van der Waals surface area contributed by atoms with Crippen LogP contribution in [0.25, 0.3) is 0 Å². The Bertz CT molecular complexity index is 804. The predicted molar refractivity (Wildman–Crippen MR) is 97.8 cm³/mol. The van der Waals surface area contributed by atoms with Crippen LogP contribution in [0.1, 0.15) is 49.0 Å². The summed E-state index contributed by atoms with van der Waals surface area (Å²) in [4.78, 5) is 27.3. The van der Waals surface area contributed by atoms with Crippen molar-refractivity contribution < 1.29 is 14.0 Å². The third-order valence-electron chi connectivity index (χ3n) is 4.77. The minimum Gasteiger partial charge on any atom is -0.347 e. The number of rotatable bonds is 5. The van der Waals surface area contributed by atoms with Crippen LogP contribution in [0.5, 0.6) is 0 Å². The van der Waals surface area contributed by atoms with E-state index in [4.69, 9.17) is 0 Å². The van der Waals surface area contributed by atoms with E-state index in [-0.39, 0.29) is 23.7 Å². The Labute approximate surface area is 153 Å². The Balaban J connectivity index is 1.87. The molecule has 26 heavy (non-hydrogen) atoms. The quantitative estimate of drug-likeness (QED) is 0.893. The molecule has 136 valence electrons. The number of hydrogen-bond acceptors (Lipinski definition) is 2. The topological polar surface area (TPSA) is 49.4 Å². The number of fused-ring (bicyclic) bond motifs is 1. The molecule has 2 aromatic carbocycles. The number of halogens is 1. The van der Waals surface area contributed by atoms with Gasteiger partial charge in [-0.05, 0) is 42.2 Å². The Morgan fingerprint density at radius 1 is 1.23 bits per heavy atom. The second-order valence-electron chi connectivity index (χ2n) is 6.65. The Morgan fingerprint density at radius 3 is 2.62 bits per heavy atom. The molecule has 5 heteroatoms. The SMILES string of the molecule is CCCN1C(=O)Cc2ccccc2C1C(=O)NC(C)c1ccc(F)cc1. The van der Waals surface area contributed by atoms with Gasteiger partial charge in [0.15, 0.2) is 0 Å². The van der Waals surface area contributed by atoms with Crippen molar-refractivity contribution in [3.63, 3.8) is 0 Å². The van der Waals surface area contributed by atoms with Crippen LogP contribution >= 0.6 is 0 Å². The summed E-state index contributed by atoms with van der Waals surface area (Å²) in [6, 6.07) is 12.7. The van der Waals surface area contributed by atoms with Gasteiger partial charge in [-0.2, -0.15) is 0 Å². The molecule has 2 amide bonds. The average molecular weight is 354 g/mol. The minimum atomic E-state index is -0.629. The number of benzene rings is 2. The summed E-state index contributed by atoms with van der Waals surface area (Å²) in [6.45, 7) is 4.38. The van der Waals surface area contributed by atoms with Crippen molar-refractivity contribution in [3.05, 3.63) is 71.0 Å². The van der Waals surface area contributed by atoms with Gasteiger partial charge < -0.3 is 10.2 Å². The molecule has 0 bridgehead atoms. The highest BCUT2D eigenvalue weighted by molar-refractivity contribution is 5.92. The predicted octanol–water partition coefficient (Wildman–Crippen LogP) is 3.54. The molecule has 0 spiro atoms. The standard InChI is InChI=1S/C21H23FN2O2/c1-3-12-24-19(25)13-16-6-4-5-7-18(16)20(24)21(26)23-14(2)15-8-10-17(22)11-9-15/h4-11,14,20H,3,12-13H2,1-2H3,(H,23,26). The first-order valence-electron chi connectivity index (χ1n) is 8.94. The number of amides is 2. The zero-order chi connectivity index (χ0) is 18.7. The maximum Gasteiger partial charge on any atom is 0.247 e. The van der Waals surface area contributed by atoms with Crippen LogP contribution in [0, 0.1) is 5.82 Å². The van der Waals surface area contributed by atoms with Crippen LogP contribution in [-0.4, -0.2) is 23.3 Å². The lowest BCUT2D eigenvalue weighted by molar-refractivity contribution is -0.141. The lowest BCUT2D eigenvalue weighted by Crippen LogP contribution is -2.48. The summed E-state index contributed by atoms with van der Waals surface area (Å²) < 4.78 is 13.1. The first-order chi connectivity index (χ1) is 12.5. The molecular formula is C21H23FN2O2. The normalized spacial score (nSPS) is 17.6. The van der Waals surface area contributed by atoms with Crippen molar-refractivity contribution in [2.75, 3.05) is 6.54 Å². The van der Waals surface area contributed by atoms with Gasteiger partial charge in [0.05, 0.1) is 12.5 Å². The van der Waals surface area contributed by atoms with Gasteiger partial charge in [0.25, 0.3) is 0 Å². The lowest BCUT2D eigenvalue weighted by Gasteiger charge is -2.36. The molecule has 0 fully saturated rings.